The molecule has 2 aromatic rings. The third kappa shape index (κ3) is 10.0. The molecule has 0 N–H and O–H groups in total. The molecule has 1 aromatic heterocycles. The molecule has 0 radical (unpaired) electrons. The first-order valence-electron chi connectivity index (χ1n) is 14.9. The second kappa shape index (κ2) is 16.1. The number of nitrogens with zero attached hydrogens (tertiary/aromatic N) is 3. The number of sulfonamides is 1. The number of hydrogen-bond acceptors (Lipinski definition) is 8. The first-order valence-corrected chi connectivity index (χ1v) is 16.5. The molecule has 41 heavy (non-hydrogen) atoms. The minimum absolute atomic E-state index is 0.0598. The van der Waals surface area contributed by atoms with Crippen LogP contribution in [-0.2, 0) is 32.6 Å². The molecule has 1 saturated heterocycles. The number of hydrogen-bond donors (Lipinski definition) is 0. The molecule has 1 aromatic carbocycles. The molecule has 0 spiro atoms. The first kappa shape index (κ1) is 31.3. The lowest BCUT2D eigenvalue weighted by Gasteiger charge is -2.29. The summed E-state index contributed by atoms with van der Waals surface area (Å²) in [5, 5.41) is 0. The van der Waals surface area contributed by atoms with Gasteiger partial charge in [0, 0.05) is 26.2 Å². The van der Waals surface area contributed by atoms with Gasteiger partial charge in [-0.1, -0.05) is 45.1 Å². The van der Waals surface area contributed by atoms with Gasteiger partial charge in [-0.25, -0.2) is 8.42 Å². The third-order valence-corrected chi connectivity index (χ3v) is 9.44. The summed E-state index contributed by atoms with van der Waals surface area (Å²) in [6.45, 7) is 6.81. The third-order valence-electron chi connectivity index (χ3n) is 7.54. The molecule has 4 rings (SSSR count). The molecule has 0 saturated carbocycles. The summed E-state index contributed by atoms with van der Waals surface area (Å²) in [6.07, 6.45) is 8.19. The summed E-state index contributed by atoms with van der Waals surface area (Å²) in [6, 6.07) is 9.18. The van der Waals surface area contributed by atoms with Gasteiger partial charge in [-0.15, -0.1) is 0 Å². The molecule has 0 bridgehead atoms. The van der Waals surface area contributed by atoms with Crippen LogP contribution in [0.25, 0.3) is 0 Å². The van der Waals surface area contributed by atoms with E-state index in [1.54, 1.807) is 17.2 Å². The van der Waals surface area contributed by atoms with Crippen LogP contribution in [0.4, 0.5) is 0 Å². The lowest BCUT2D eigenvalue weighted by atomic mass is 10.1. The van der Waals surface area contributed by atoms with Gasteiger partial charge in [-0.05, 0) is 49.2 Å². The van der Waals surface area contributed by atoms with Crippen LogP contribution in [-0.4, -0.2) is 86.9 Å². The highest BCUT2D eigenvalue weighted by atomic mass is 32.2. The maximum Gasteiger partial charge on any atom is 0.238 e. The smallest absolute Gasteiger partial charge is 0.238 e. The van der Waals surface area contributed by atoms with Crippen LogP contribution in [0.5, 0.6) is 11.5 Å². The van der Waals surface area contributed by atoms with Crippen molar-refractivity contribution in [3.8, 4) is 11.5 Å². The van der Waals surface area contributed by atoms with E-state index in [0.29, 0.717) is 49.9 Å². The molecule has 1 fully saturated rings. The Labute approximate surface area is 244 Å². The van der Waals surface area contributed by atoms with E-state index in [1.165, 1.54) is 10.7 Å². The van der Waals surface area contributed by atoms with Gasteiger partial charge in [-0.2, -0.15) is 4.31 Å². The Bertz CT molecular complexity index is 1170. The summed E-state index contributed by atoms with van der Waals surface area (Å²) >= 11 is 0. The van der Waals surface area contributed by atoms with Crippen molar-refractivity contribution in [3.05, 3.63) is 47.9 Å². The van der Waals surface area contributed by atoms with Gasteiger partial charge in [0.1, 0.15) is 5.76 Å². The van der Waals surface area contributed by atoms with Crippen LogP contribution in [0.2, 0.25) is 0 Å². The molecule has 228 valence electrons. The average molecular weight is 592 g/mol. The average Bonchev–Trinajstić information content (AvgIpc) is 3.66. The number of carbonyl (C=O) groups excluding carboxylic acids is 1. The van der Waals surface area contributed by atoms with Crippen molar-refractivity contribution in [1.29, 1.82) is 0 Å². The number of carbonyl (C=O) groups is 1. The van der Waals surface area contributed by atoms with Gasteiger partial charge in [0.15, 0.2) is 11.5 Å². The van der Waals surface area contributed by atoms with E-state index in [-0.39, 0.29) is 38.1 Å². The summed E-state index contributed by atoms with van der Waals surface area (Å²) in [4.78, 5) is 17.7. The monoisotopic (exact) mass is 591 g/mol. The van der Waals surface area contributed by atoms with Gasteiger partial charge in [0.2, 0.25) is 22.7 Å². The van der Waals surface area contributed by atoms with Crippen molar-refractivity contribution in [3.63, 3.8) is 0 Å². The zero-order chi connectivity index (χ0) is 28.9. The van der Waals surface area contributed by atoms with E-state index < -0.39 is 10.0 Å². The minimum atomic E-state index is -3.61. The Balaban J connectivity index is 1.43. The number of amides is 1. The number of morpholine rings is 1. The summed E-state index contributed by atoms with van der Waals surface area (Å²) in [5.74, 6) is 1.73. The molecule has 2 aliphatic heterocycles. The lowest BCUT2D eigenvalue weighted by Crippen LogP contribution is -2.44. The molecular weight excluding hydrogens is 546 g/mol. The predicted molar refractivity (Wildman–Crippen MR) is 156 cm³/mol. The molecule has 1 amide bonds. The fourth-order valence-electron chi connectivity index (χ4n) is 5.14. The maximum absolute atomic E-state index is 13.8. The summed E-state index contributed by atoms with van der Waals surface area (Å²) < 4.78 is 50.4. The molecule has 11 heteroatoms. The zero-order valence-electron chi connectivity index (χ0n) is 24.3. The number of unbranched alkanes of at least 4 members (excludes halogenated alkanes) is 5. The van der Waals surface area contributed by atoms with Gasteiger partial charge in [-0.3, -0.25) is 9.69 Å². The van der Waals surface area contributed by atoms with E-state index >= 15 is 0 Å². The second-order valence-corrected chi connectivity index (χ2v) is 12.8. The van der Waals surface area contributed by atoms with Crippen LogP contribution in [0.1, 0.15) is 63.2 Å². The quantitative estimate of drug-likeness (QED) is 0.237. The Morgan fingerprint density at radius 3 is 2.51 bits per heavy atom. The minimum Gasteiger partial charge on any atom is -0.467 e. The summed E-state index contributed by atoms with van der Waals surface area (Å²) in [5.41, 5.74) is 0.864. The molecule has 0 unspecified atom stereocenters. The maximum atomic E-state index is 13.8. The van der Waals surface area contributed by atoms with Gasteiger partial charge in [0.05, 0.1) is 38.3 Å². The Morgan fingerprint density at radius 2 is 1.73 bits per heavy atom. The number of furan rings is 1. The largest absolute Gasteiger partial charge is 0.467 e. The normalized spacial score (nSPS) is 15.5. The Kier molecular flexibility index (Phi) is 12.3. The van der Waals surface area contributed by atoms with E-state index in [9.17, 15) is 13.2 Å². The van der Waals surface area contributed by atoms with Crippen molar-refractivity contribution in [2.75, 3.05) is 58.5 Å². The van der Waals surface area contributed by atoms with Crippen LogP contribution in [0.15, 0.2) is 41.0 Å². The zero-order valence-corrected chi connectivity index (χ0v) is 25.1. The van der Waals surface area contributed by atoms with E-state index in [4.69, 9.17) is 18.6 Å². The fourth-order valence-corrected chi connectivity index (χ4v) is 6.68. The first-order chi connectivity index (χ1) is 19.9. The molecule has 0 aliphatic carbocycles. The predicted octanol–water partition coefficient (Wildman–Crippen LogP) is 4.25. The Hall–Kier alpha value is -2.60. The highest BCUT2D eigenvalue weighted by Crippen LogP contribution is 2.33. The topological polar surface area (TPSA) is 102 Å². The number of ether oxygens (including phenoxy) is 3. The highest BCUT2D eigenvalue weighted by Gasteiger charge is 2.28. The van der Waals surface area contributed by atoms with Crippen molar-refractivity contribution < 1.29 is 31.8 Å². The number of rotatable bonds is 18. The van der Waals surface area contributed by atoms with Crippen molar-refractivity contribution in [2.24, 2.45) is 0 Å². The second-order valence-electron chi connectivity index (χ2n) is 10.7. The van der Waals surface area contributed by atoms with Crippen molar-refractivity contribution in [1.82, 2.24) is 14.1 Å². The Morgan fingerprint density at radius 1 is 0.951 bits per heavy atom. The van der Waals surface area contributed by atoms with Crippen LogP contribution in [0.3, 0.4) is 0 Å². The molecule has 2 aliphatic rings. The number of benzene rings is 1. The summed E-state index contributed by atoms with van der Waals surface area (Å²) in [7, 11) is -3.61. The molecule has 10 nitrogen and oxygen atoms in total. The molecular formula is C30H45N3O7S. The van der Waals surface area contributed by atoms with Gasteiger partial charge < -0.3 is 23.5 Å². The van der Waals surface area contributed by atoms with Gasteiger partial charge in [0.25, 0.3) is 0 Å². The SMILES string of the molecule is CCCCCCCCS(=O)(=O)N(CCCN1CCOCC1)CC(=O)N(Cc1ccc2c(c1)OCO2)Cc1ccco1. The van der Waals surface area contributed by atoms with Crippen LogP contribution < -0.4 is 9.47 Å². The number of fused-ring (bicyclic) bond motifs is 1. The molecule has 3 heterocycles. The lowest BCUT2D eigenvalue weighted by molar-refractivity contribution is -0.133. The van der Waals surface area contributed by atoms with E-state index in [1.807, 2.05) is 24.3 Å². The van der Waals surface area contributed by atoms with Crippen LogP contribution in [0, 0.1) is 0 Å². The van der Waals surface area contributed by atoms with E-state index in [0.717, 1.165) is 50.9 Å². The highest BCUT2D eigenvalue weighted by molar-refractivity contribution is 7.89. The molecule has 0 atom stereocenters. The van der Waals surface area contributed by atoms with E-state index in [2.05, 4.69) is 11.8 Å². The standard InChI is InChI=1S/C30H45N3O7S/c1-2-3-4-5-6-7-20-41(35,36)33(14-9-13-31-15-18-37-19-16-31)24-30(34)32(23-27-10-8-17-38-27)22-26-11-12-28-29(21-26)40-25-39-28/h8,10-12,17,21H,2-7,9,13-16,18-20,22-25H2,1H3. The van der Waals surface area contributed by atoms with Crippen molar-refractivity contribution >= 4 is 15.9 Å². The fraction of sp³-hybridized carbons (Fsp3) is 0.633. The van der Waals surface area contributed by atoms with Crippen molar-refractivity contribution in [2.45, 2.75) is 65.0 Å². The van der Waals surface area contributed by atoms with Crippen LogP contribution >= 0.6 is 0 Å². The van der Waals surface area contributed by atoms with Gasteiger partial charge >= 0.3 is 0 Å².